The van der Waals surface area contributed by atoms with E-state index in [4.69, 9.17) is 18.9 Å². The van der Waals surface area contributed by atoms with Gasteiger partial charge in [0.05, 0.1) is 31.8 Å². The van der Waals surface area contributed by atoms with Crippen LogP contribution in [0.25, 0.3) is 0 Å². The van der Waals surface area contributed by atoms with Gasteiger partial charge < -0.3 is 24.1 Å². The number of aryl methyl sites for hydroxylation is 1. The van der Waals surface area contributed by atoms with Crippen molar-refractivity contribution in [3.8, 4) is 0 Å². The number of ether oxygens (including phenoxy) is 4. The standard InChI is InChI=1S/C22H30O6/c1-25-11-12-26-15-27-17(8-7-16-5-3-2-4-6-16)9-10-18-19-13-22(24)28-21(19)14-20(18)23/h2-6,9-10,17-21,23H,7-8,11-15H2,1H3/b10-9+/t17-,18+,19+,20+,21-/m0/s1. The molecule has 1 aromatic carbocycles. The van der Waals surface area contributed by atoms with Crippen LogP contribution in [0.4, 0.5) is 0 Å². The van der Waals surface area contributed by atoms with Crippen molar-refractivity contribution in [3.05, 3.63) is 48.0 Å². The molecule has 1 aliphatic heterocycles. The zero-order chi connectivity index (χ0) is 19.8. The summed E-state index contributed by atoms with van der Waals surface area (Å²) in [5.74, 6) is -0.177. The average Bonchev–Trinajstić information content (AvgIpc) is 3.18. The summed E-state index contributed by atoms with van der Waals surface area (Å²) in [6.07, 6.45) is 5.82. The number of fused-ring (bicyclic) bond motifs is 1. The number of carbonyl (C=O) groups excluding carboxylic acids is 1. The van der Waals surface area contributed by atoms with Gasteiger partial charge in [0, 0.05) is 25.4 Å². The van der Waals surface area contributed by atoms with E-state index in [-0.39, 0.29) is 36.8 Å². The highest BCUT2D eigenvalue weighted by Gasteiger charge is 2.48. The Morgan fingerprint density at radius 3 is 2.89 bits per heavy atom. The number of rotatable bonds is 11. The highest BCUT2D eigenvalue weighted by atomic mass is 16.7. The molecular formula is C22H30O6. The third-order valence-corrected chi connectivity index (χ3v) is 5.48. The third kappa shape index (κ3) is 5.88. The topological polar surface area (TPSA) is 74.2 Å². The quantitative estimate of drug-likeness (QED) is 0.271. The zero-order valence-corrected chi connectivity index (χ0v) is 16.4. The van der Waals surface area contributed by atoms with Gasteiger partial charge in [-0.25, -0.2) is 0 Å². The van der Waals surface area contributed by atoms with Crippen molar-refractivity contribution in [2.45, 2.75) is 44.0 Å². The molecule has 1 aliphatic carbocycles. The molecule has 1 heterocycles. The molecule has 1 saturated heterocycles. The number of aliphatic hydroxyl groups excluding tert-OH is 1. The van der Waals surface area contributed by atoms with Gasteiger partial charge in [-0.3, -0.25) is 4.79 Å². The van der Waals surface area contributed by atoms with E-state index < -0.39 is 6.10 Å². The minimum absolute atomic E-state index is 0.0616. The molecule has 0 radical (unpaired) electrons. The van der Waals surface area contributed by atoms with Crippen LogP contribution in [0, 0.1) is 11.8 Å². The van der Waals surface area contributed by atoms with E-state index in [1.165, 1.54) is 5.56 Å². The van der Waals surface area contributed by atoms with E-state index in [0.29, 0.717) is 26.1 Å². The lowest BCUT2D eigenvalue weighted by Gasteiger charge is -2.18. The SMILES string of the molecule is COCCOCO[C@H](/C=C/[C@@H]1[C@H]2CC(=O)O[C@H]2C[C@H]1O)CCc1ccccc1. The summed E-state index contributed by atoms with van der Waals surface area (Å²) < 4.78 is 21.6. The highest BCUT2D eigenvalue weighted by Crippen LogP contribution is 2.42. The van der Waals surface area contributed by atoms with E-state index in [0.717, 1.165) is 12.8 Å². The maximum absolute atomic E-state index is 11.6. The van der Waals surface area contributed by atoms with Crippen LogP contribution in [0.5, 0.6) is 0 Å². The summed E-state index contributed by atoms with van der Waals surface area (Å²) >= 11 is 0. The number of carbonyl (C=O) groups is 1. The monoisotopic (exact) mass is 390 g/mol. The van der Waals surface area contributed by atoms with Crippen molar-refractivity contribution in [1.29, 1.82) is 0 Å². The minimum Gasteiger partial charge on any atom is -0.462 e. The van der Waals surface area contributed by atoms with Crippen LogP contribution in [0.15, 0.2) is 42.5 Å². The highest BCUT2D eigenvalue weighted by molar-refractivity contribution is 5.72. The van der Waals surface area contributed by atoms with Crippen LogP contribution in [0.3, 0.4) is 0 Å². The van der Waals surface area contributed by atoms with Gasteiger partial charge in [0.15, 0.2) is 0 Å². The second kappa shape index (κ2) is 10.7. The average molecular weight is 390 g/mol. The molecule has 28 heavy (non-hydrogen) atoms. The van der Waals surface area contributed by atoms with Crippen LogP contribution in [0.1, 0.15) is 24.8 Å². The first-order chi connectivity index (χ1) is 13.7. The summed E-state index contributed by atoms with van der Waals surface area (Å²) in [4.78, 5) is 11.6. The summed E-state index contributed by atoms with van der Waals surface area (Å²) in [5.41, 5.74) is 1.25. The van der Waals surface area contributed by atoms with Crippen molar-refractivity contribution in [1.82, 2.24) is 0 Å². The Bertz CT molecular complexity index is 631. The maximum Gasteiger partial charge on any atom is 0.306 e. The van der Waals surface area contributed by atoms with E-state index >= 15 is 0 Å². The molecule has 3 rings (SSSR count). The lowest BCUT2D eigenvalue weighted by molar-refractivity contribution is -0.141. The minimum atomic E-state index is -0.480. The van der Waals surface area contributed by atoms with E-state index in [1.807, 2.05) is 30.4 Å². The van der Waals surface area contributed by atoms with Crippen LogP contribution in [-0.4, -0.2) is 56.5 Å². The molecule has 0 spiro atoms. The Kier molecular flexibility index (Phi) is 8.03. The number of esters is 1. The molecule has 1 saturated carbocycles. The summed E-state index contributed by atoms with van der Waals surface area (Å²) in [6.45, 7) is 1.20. The predicted octanol–water partition coefficient (Wildman–Crippen LogP) is 2.49. The van der Waals surface area contributed by atoms with Gasteiger partial charge in [0.1, 0.15) is 12.9 Å². The molecule has 0 aromatic heterocycles. The molecule has 1 aromatic rings. The van der Waals surface area contributed by atoms with Gasteiger partial charge in [0.2, 0.25) is 0 Å². The molecule has 1 N–H and O–H groups in total. The van der Waals surface area contributed by atoms with Gasteiger partial charge in [-0.1, -0.05) is 42.5 Å². The summed E-state index contributed by atoms with van der Waals surface area (Å²) in [6, 6.07) is 10.3. The molecule has 5 atom stereocenters. The second-order valence-electron chi connectivity index (χ2n) is 7.41. The molecule has 0 unspecified atom stereocenters. The van der Waals surface area contributed by atoms with Gasteiger partial charge in [-0.2, -0.15) is 0 Å². The van der Waals surface area contributed by atoms with Gasteiger partial charge in [-0.15, -0.1) is 0 Å². The molecule has 6 heteroatoms. The second-order valence-corrected chi connectivity index (χ2v) is 7.41. The van der Waals surface area contributed by atoms with Gasteiger partial charge in [-0.05, 0) is 18.4 Å². The molecule has 6 nitrogen and oxygen atoms in total. The Labute approximate surface area is 166 Å². The first kappa shape index (κ1) is 21.0. The van der Waals surface area contributed by atoms with Gasteiger partial charge in [0.25, 0.3) is 0 Å². The molecule has 154 valence electrons. The smallest absolute Gasteiger partial charge is 0.306 e. The van der Waals surface area contributed by atoms with Crippen LogP contribution >= 0.6 is 0 Å². The number of hydrogen-bond donors (Lipinski definition) is 1. The first-order valence-electron chi connectivity index (χ1n) is 9.95. The van der Waals surface area contributed by atoms with E-state index in [2.05, 4.69) is 12.1 Å². The number of aliphatic hydroxyl groups is 1. The fourth-order valence-corrected chi connectivity index (χ4v) is 3.96. The largest absolute Gasteiger partial charge is 0.462 e. The summed E-state index contributed by atoms with van der Waals surface area (Å²) in [7, 11) is 1.63. The fraction of sp³-hybridized carbons (Fsp3) is 0.591. The molecule has 0 amide bonds. The Hall–Kier alpha value is -1.73. The number of benzene rings is 1. The first-order valence-corrected chi connectivity index (χ1v) is 9.95. The Balaban J connectivity index is 1.56. The maximum atomic E-state index is 11.6. The van der Waals surface area contributed by atoms with Crippen molar-refractivity contribution in [2.75, 3.05) is 27.1 Å². The Morgan fingerprint density at radius 1 is 1.29 bits per heavy atom. The van der Waals surface area contributed by atoms with Crippen molar-refractivity contribution in [3.63, 3.8) is 0 Å². The molecule has 2 fully saturated rings. The molecule has 0 bridgehead atoms. The van der Waals surface area contributed by atoms with Crippen LogP contribution in [0.2, 0.25) is 0 Å². The fourth-order valence-electron chi connectivity index (χ4n) is 3.96. The third-order valence-electron chi connectivity index (χ3n) is 5.48. The number of hydrogen-bond acceptors (Lipinski definition) is 6. The van der Waals surface area contributed by atoms with Crippen LogP contribution in [-0.2, 0) is 30.2 Å². The van der Waals surface area contributed by atoms with E-state index in [1.54, 1.807) is 7.11 Å². The van der Waals surface area contributed by atoms with Gasteiger partial charge >= 0.3 is 5.97 Å². The van der Waals surface area contributed by atoms with E-state index in [9.17, 15) is 9.90 Å². The van der Waals surface area contributed by atoms with Crippen molar-refractivity contribution >= 4 is 5.97 Å². The Morgan fingerprint density at radius 2 is 2.11 bits per heavy atom. The summed E-state index contributed by atoms with van der Waals surface area (Å²) in [5, 5.41) is 10.4. The zero-order valence-electron chi connectivity index (χ0n) is 16.4. The number of methoxy groups -OCH3 is 1. The lowest BCUT2D eigenvalue weighted by atomic mass is 9.91. The molecule has 2 aliphatic rings. The molecular weight excluding hydrogens is 360 g/mol. The lowest BCUT2D eigenvalue weighted by Crippen LogP contribution is -2.20. The van der Waals surface area contributed by atoms with Crippen LogP contribution < -0.4 is 0 Å². The normalized spacial score (nSPS) is 27.9. The predicted molar refractivity (Wildman–Crippen MR) is 104 cm³/mol. The van der Waals surface area contributed by atoms with Crippen molar-refractivity contribution in [2.24, 2.45) is 11.8 Å². The van der Waals surface area contributed by atoms with Crippen molar-refractivity contribution < 1.29 is 28.8 Å².